The third kappa shape index (κ3) is 5.00. The highest BCUT2D eigenvalue weighted by Crippen LogP contribution is 2.19. The van der Waals surface area contributed by atoms with Gasteiger partial charge in [-0.15, -0.1) is 0 Å². The van der Waals surface area contributed by atoms with Gasteiger partial charge in [-0.25, -0.2) is 13.4 Å². The summed E-state index contributed by atoms with van der Waals surface area (Å²) in [6.45, 7) is 7.79. The molecular formula is C13H22ClN3O3S. The van der Waals surface area contributed by atoms with E-state index in [2.05, 4.69) is 10.3 Å². The average molecular weight is 336 g/mol. The van der Waals surface area contributed by atoms with E-state index < -0.39 is 9.05 Å². The van der Waals surface area contributed by atoms with Gasteiger partial charge in [-0.3, -0.25) is 4.79 Å². The van der Waals surface area contributed by atoms with Crippen LogP contribution in [0.3, 0.4) is 0 Å². The molecule has 0 saturated heterocycles. The fourth-order valence-electron chi connectivity index (χ4n) is 2.03. The van der Waals surface area contributed by atoms with Crippen molar-refractivity contribution in [1.82, 2.24) is 14.9 Å². The summed E-state index contributed by atoms with van der Waals surface area (Å²) >= 11 is 0. The lowest BCUT2D eigenvalue weighted by Gasteiger charge is -2.16. The lowest BCUT2D eigenvalue weighted by atomic mass is 10.2. The zero-order valence-electron chi connectivity index (χ0n) is 12.8. The quantitative estimate of drug-likeness (QED) is 0.775. The van der Waals surface area contributed by atoms with Gasteiger partial charge in [0.15, 0.2) is 5.03 Å². The van der Waals surface area contributed by atoms with Crippen molar-refractivity contribution in [3.63, 3.8) is 0 Å². The van der Waals surface area contributed by atoms with Crippen LogP contribution >= 0.6 is 10.7 Å². The van der Waals surface area contributed by atoms with Gasteiger partial charge in [-0.1, -0.05) is 27.7 Å². The highest BCUT2D eigenvalue weighted by Gasteiger charge is 2.21. The number of hydrogen-bond donors (Lipinski definition) is 1. The summed E-state index contributed by atoms with van der Waals surface area (Å²) in [5.41, 5.74) is 0. The zero-order chi connectivity index (χ0) is 16.2. The lowest BCUT2D eigenvalue weighted by Crippen LogP contribution is -2.36. The van der Waals surface area contributed by atoms with E-state index in [0.29, 0.717) is 5.82 Å². The molecule has 1 heterocycles. The van der Waals surface area contributed by atoms with Gasteiger partial charge in [0.05, 0.1) is 0 Å². The molecule has 0 radical (unpaired) electrons. The van der Waals surface area contributed by atoms with Crippen molar-refractivity contribution < 1.29 is 13.2 Å². The van der Waals surface area contributed by atoms with Crippen LogP contribution in [0.2, 0.25) is 0 Å². The molecule has 1 rings (SSSR count). The Morgan fingerprint density at radius 3 is 2.38 bits per heavy atom. The minimum Gasteiger partial charge on any atom is -0.352 e. The van der Waals surface area contributed by atoms with Crippen molar-refractivity contribution in [2.24, 2.45) is 0 Å². The van der Waals surface area contributed by atoms with Crippen LogP contribution in [0, 0.1) is 0 Å². The summed E-state index contributed by atoms with van der Waals surface area (Å²) in [5, 5.41) is 2.69. The molecule has 1 amide bonds. The van der Waals surface area contributed by atoms with Crippen LogP contribution in [-0.2, 0) is 20.4 Å². The molecule has 1 N–H and O–H groups in total. The van der Waals surface area contributed by atoms with Gasteiger partial charge < -0.3 is 9.88 Å². The van der Waals surface area contributed by atoms with Gasteiger partial charge in [0.1, 0.15) is 12.4 Å². The van der Waals surface area contributed by atoms with Crippen molar-refractivity contribution in [2.75, 3.05) is 0 Å². The molecule has 0 spiro atoms. The Morgan fingerprint density at radius 1 is 1.38 bits per heavy atom. The van der Waals surface area contributed by atoms with Crippen LogP contribution in [0.15, 0.2) is 11.2 Å². The Morgan fingerprint density at radius 2 is 1.95 bits per heavy atom. The van der Waals surface area contributed by atoms with Gasteiger partial charge >= 0.3 is 0 Å². The fraction of sp³-hybridized carbons (Fsp3) is 0.692. The topological polar surface area (TPSA) is 81.1 Å². The molecule has 0 aliphatic rings. The standard InChI is InChI=1S/C13H22ClN3O3S/c1-5-10(6-2)15-11(18)7-17-8-12(21(14,19)20)16-13(17)9(3)4/h8-10H,5-7H2,1-4H3,(H,15,18). The van der Waals surface area contributed by atoms with Crippen LogP contribution in [0.4, 0.5) is 0 Å². The smallest absolute Gasteiger partial charge is 0.280 e. The highest BCUT2D eigenvalue weighted by atomic mass is 35.7. The maximum Gasteiger partial charge on any atom is 0.280 e. The number of hydrogen-bond acceptors (Lipinski definition) is 4. The van der Waals surface area contributed by atoms with Crippen molar-refractivity contribution in [3.05, 3.63) is 12.0 Å². The molecule has 0 aromatic carbocycles. The highest BCUT2D eigenvalue weighted by molar-refractivity contribution is 8.13. The minimum absolute atomic E-state index is 0.0156. The molecule has 0 fully saturated rings. The first-order valence-corrected chi connectivity index (χ1v) is 9.31. The van der Waals surface area contributed by atoms with Crippen LogP contribution in [-0.4, -0.2) is 29.9 Å². The lowest BCUT2D eigenvalue weighted by molar-refractivity contribution is -0.122. The molecular weight excluding hydrogens is 314 g/mol. The largest absolute Gasteiger partial charge is 0.352 e. The average Bonchev–Trinajstić information content (AvgIpc) is 2.79. The third-order valence-corrected chi connectivity index (χ3v) is 4.39. The van der Waals surface area contributed by atoms with Crippen LogP contribution in [0.5, 0.6) is 0 Å². The van der Waals surface area contributed by atoms with Crippen LogP contribution in [0.1, 0.15) is 52.3 Å². The number of nitrogens with zero attached hydrogens (tertiary/aromatic N) is 2. The molecule has 0 aliphatic heterocycles. The Balaban J connectivity index is 2.97. The SMILES string of the molecule is CCC(CC)NC(=O)Cn1cc(S(=O)(=O)Cl)nc1C(C)C. The third-order valence-electron chi connectivity index (χ3n) is 3.22. The Hall–Kier alpha value is -1.08. The summed E-state index contributed by atoms with van der Waals surface area (Å²) < 4.78 is 24.3. The normalized spacial score (nSPS) is 12.1. The predicted octanol–water partition coefficient (Wildman–Crippen LogP) is 2.24. The van der Waals surface area contributed by atoms with Crippen LogP contribution < -0.4 is 5.32 Å². The van der Waals surface area contributed by atoms with Crippen molar-refractivity contribution in [3.8, 4) is 0 Å². The van der Waals surface area contributed by atoms with Crippen molar-refractivity contribution >= 4 is 25.6 Å². The second kappa shape index (κ2) is 7.26. The molecule has 0 atom stereocenters. The fourth-order valence-corrected chi connectivity index (χ4v) is 2.71. The van der Waals surface area contributed by atoms with E-state index in [1.165, 1.54) is 10.8 Å². The molecule has 0 saturated carbocycles. The Bertz CT molecular complexity index is 592. The monoisotopic (exact) mass is 335 g/mol. The van der Waals surface area contributed by atoms with E-state index in [1.54, 1.807) is 0 Å². The number of amides is 1. The summed E-state index contributed by atoms with van der Waals surface area (Å²) in [6, 6.07) is 0.125. The molecule has 1 aromatic rings. The van der Waals surface area contributed by atoms with Crippen molar-refractivity contribution in [1.29, 1.82) is 0 Å². The first-order chi connectivity index (χ1) is 9.68. The van der Waals surface area contributed by atoms with E-state index in [4.69, 9.17) is 10.7 Å². The number of halogens is 1. The van der Waals surface area contributed by atoms with Crippen LogP contribution in [0.25, 0.3) is 0 Å². The molecule has 0 bridgehead atoms. The molecule has 8 heteroatoms. The number of carbonyl (C=O) groups is 1. The number of nitrogens with one attached hydrogen (secondary N) is 1. The summed E-state index contributed by atoms with van der Waals surface area (Å²) in [7, 11) is 1.41. The van der Waals surface area contributed by atoms with E-state index >= 15 is 0 Å². The maximum atomic E-state index is 12.0. The molecule has 21 heavy (non-hydrogen) atoms. The molecule has 120 valence electrons. The number of imidazole rings is 1. The van der Waals surface area contributed by atoms with Crippen molar-refractivity contribution in [2.45, 2.75) is 64.1 Å². The minimum atomic E-state index is -3.90. The number of rotatable bonds is 7. The van der Waals surface area contributed by atoms with Gasteiger partial charge in [-0.2, -0.15) is 0 Å². The number of aromatic nitrogens is 2. The first kappa shape index (κ1) is 18.0. The second-order valence-corrected chi connectivity index (χ2v) is 7.75. The zero-order valence-corrected chi connectivity index (χ0v) is 14.3. The summed E-state index contributed by atoms with van der Waals surface area (Å²) in [4.78, 5) is 16.0. The summed E-state index contributed by atoms with van der Waals surface area (Å²) in [6.07, 6.45) is 3.01. The first-order valence-electron chi connectivity index (χ1n) is 7.00. The van der Waals surface area contributed by atoms with E-state index in [-0.39, 0.29) is 29.4 Å². The van der Waals surface area contributed by atoms with Gasteiger partial charge in [0.25, 0.3) is 9.05 Å². The molecule has 0 aliphatic carbocycles. The molecule has 6 nitrogen and oxygen atoms in total. The van der Waals surface area contributed by atoms with Gasteiger partial charge in [-0.05, 0) is 12.8 Å². The van der Waals surface area contributed by atoms with Gasteiger partial charge in [0.2, 0.25) is 5.91 Å². The summed E-state index contributed by atoms with van der Waals surface area (Å²) in [5.74, 6) is 0.341. The Kier molecular flexibility index (Phi) is 6.22. The van der Waals surface area contributed by atoms with E-state index in [1.807, 2.05) is 27.7 Å². The Labute approximate surface area is 130 Å². The molecule has 1 aromatic heterocycles. The van der Waals surface area contributed by atoms with E-state index in [9.17, 15) is 13.2 Å². The van der Waals surface area contributed by atoms with E-state index in [0.717, 1.165) is 12.8 Å². The van der Waals surface area contributed by atoms with Gasteiger partial charge in [0, 0.05) is 28.8 Å². The maximum absolute atomic E-state index is 12.0. The predicted molar refractivity (Wildman–Crippen MR) is 81.9 cm³/mol. The second-order valence-electron chi connectivity index (χ2n) is 5.24. The molecule has 0 unspecified atom stereocenters. The number of carbonyl (C=O) groups excluding carboxylic acids is 1.